The van der Waals surface area contributed by atoms with Crippen LogP contribution in [-0.2, 0) is 19.4 Å². The third-order valence-electron chi connectivity index (χ3n) is 3.18. The van der Waals surface area contributed by atoms with Crippen LogP contribution in [-0.4, -0.2) is 15.6 Å². The first-order valence-electron chi connectivity index (χ1n) is 5.51. The fourth-order valence-electron chi connectivity index (χ4n) is 2.13. The van der Waals surface area contributed by atoms with Crippen molar-refractivity contribution in [3.63, 3.8) is 0 Å². The van der Waals surface area contributed by atoms with Crippen LogP contribution in [0.25, 0.3) is 0 Å². The lowest BCUT2D eigenvalue weighted by atomic mass is 9.93. The molecular formula is C11H19N3. The second kappa shape index (κ2) is 3.73. The van der Waals surface area contributed by atoms with Gasteiger partial charge in [-0.1, -0.05) is 6.92 Å². The summed E-state index contributed by atoms with van der Waals surface area (Å²) in [6.07, 6.45) is 5.50. The molecule has 0 aromatic carbocycles. The van der Waals surface area contributed by atoms with Crippen molar-refractivity contribution in [3.05, 3.63) is 17.7 Å². The number of rotatable bonds is 2. The predicted octanol–water partition coefficient (Wildman–Crippen LogP) is 1.36. The zero-order valence-electron chi connectivity index (χ0n) is 9.03. The number of nitrogens with zero attached hydrogens (tertiary/aromatic N) is 2. The van der Waals surface area contributed by atoms with Crippen LogP contribution in [0.4, 0.5) is 0 Å². The Bertz CT molecular complexity index is 314. The van der Waals surface area contributed by atoms with Gasteiger partial charge in [0.2, 0.25) is 0 Å². The van der Waals surface area contributed by atoms with Crippen LogP contribution in [0.15, 0.2) is 6.20 Å². The third kappa shape index (κ3) is 1.69. The third-order valence-corrected chi connectivity index (χ3v) is 3.18. The predicted molar refractivity (Wildman–Crippen MR) is 57.1 cm³/mol. The van der Waals surface area contributed by atoms with E-state index in [9.17, 15) is 0 Å². The summed E-state index contributed by atoms with van der Waals surface area (Å²) in [6.45, 7) is 5.31. The van der Waals surface area contributed by atoms with Gasteiger partial charge in [0.1, 0.15) is 5.82 Å². The maximum atomic E-state index is 5.93. The first kappa shape index (κ1) is 9.71. The van der Waals surface area contributed by atoms with Gasteiger partial charge in [-0.15, -0.1) is 0 Å². The molecule has 0 saturated carbocycles. The van der Waals surface area contributed by atoms with Crippen molar-refractivity contribution in [1.29, 1.82) is 0 Å². The van der Waals surface area contributed by atoms with E-state index < -0.39 is 0 Å². The molecule has 2 heterocycles. The molecule has 0 saturated heterocycles. The lowest BCUT2D eigenvalue weighted by Gasteiger charge is -2.26. The second-order valence-corrected chi connectivity index (χ2v) is 4.31. The molecule has 1 aromatic heterocycles. The summed E-state index contributed by atoms with van der Waals surface area (Å²) in [5.74, 6) is 1.88. The maximum absolute atomic E-state index is 5.93. The summed E-state index contributed by atoms with van der Waals surface area (Å²) in [6, 6.07) is 0.302. The summed E-state index contributed by atoms with van der Waals surface area (Å²) in [5, 5.41) is 0. The minimum Gasteiger partial charge on any atom is -0.334 e. The van der Waals surface area contributed by atoms with Crippen molar-refractivity contribution in [1.82, 2.24) is 9.55 Å². The van der Waals surface area contributed by atoms with E-state index in [0.717, 1.165) is 19.4 Å². The Kier molecular flexibility index (Phi) is 2.59. The minimum atomic E-state index is 0.302. The molecular weight excluding hydrogens is 174 g/mol. The zero-order chi connectivity index (χ0) is 10.1. The molecule has 0 aliphatic carbocycles. The molecule has 2 unspecified atom stereocenters. The van der Waals surface area contributed by atoms with E-state index in [1.165, 1.54) is 17.9 Å². The Morgan fingerprint density at radius 2 is 2.50 bits per heavy atom. The van der Waals surface area contributed by atoms with Crippen LogP contribution >= 0.6 is 0 Å². The molecule has 2 N–H and O–H groups in total. The average molecular weight is 193 g/mol. The van der Waals surface area contributed by atoms with Crippen molar-refractivity contribution in [2.75, 3.05) is 0 Å². The van der Waals surface area contributed by atoms with Crippen LogP contribution in [0.2, 0.25) is 0 Å². The molecule has 1 aliphatic heterocycles. The molecule has 1 aromatic rings. The van der Waals surface area contributed by atoms with Crippen LogP contribution in [0, 0.1) is 5.92 Å². The number of imidazole rings is 1. The molecule has 1 aliphatic rings. The number of aromatic nitrogens is 2. The fourth-order valence-corrected chi connectivity index (χ4v) is 2.13. The SMILES string of the molecule is CCc1cn2c(n1)CCC(C(C)N)C2. The summed E-state index contributed by atoms with van der Waals surface area (Å²) in [5.41, 5.74) is 7.14. The summed E-state index contributed by atoms with van der Waals surface area (Å²) >= 11 is 0. The highest BCUT2D eigenvalue weighted by Gasteiger charge is 2.22. The van der Waals surface area contributed by atoms with Crippen LogP contribution in [0.1, 0.15) is 31.8 Å². The van der Waals surface area contributed by atoms with Gasteiger partial charge < -0.3 is 10.3 Å². The molecule has 0 fully saturated rings. The highest BCUT2D eigenvalue weighted by Crippen LogP contribution is 2.21. The summed E-state index contributed by atoms with van der Waals surface area (Å²) in [4.78, 5) is 4.59. The Morgan fingerprint density at radius 3 is 3.14 bits per heavy atom. The Balaban J connectivity index is 2.17. The molecule has 0 radical (unpaired) electrons. The number of hydrogen-bond acceptors (Lipinski definition) is 2. The monoisotopic (exact) mass is 193 g/mol. The van der Waals surface area contributed by atoms with E-state index in [1.807, 2.05) is 0 Å². The Hall–Kier alpha value is -0.830. The topological polar surface area (TPSA) is 43.8 Å². The molecule has 0 amide bonds. The van der Waals surface area contributed by atoms with Crippen molar-refractivity contribution in [2.45, 2.75) is 45.7 Å². The number of nitrogens with two attached hydrogens (primary N) is 1. The first-order chi connectivity index (χ1) is 6.70. The first-order valence-corrected chi connectivity index (χ1v) is 5.51. The summed E-state index contributed by atoms with van der Waals surface area (Å²) < 4.78 is 2.29. The van der Waals surface area contributed by atoms with Crippen molar-refractivity contribution < 1.29 is 0 Å². The van der Waals surface area contributed by atoms with E-state index in [1.54, 1.807) is 0 Å². The van der Waals surface area contributed by atoms with E-state index in [0.29, 0.717) is 12.0 Å². The van der Waals surface area contributed by atoms with Crippen LogP contribution in [0.5, 0.6) is 0 Å². The Labute approximate surface area is 85.3 Å². The van der Waals surface area contributed by atoms with Crippen molar-refractivity contribution in [3.8, 4) is 0 Å². The number of fused-ring (bicyclic) bond motifs is 1. The van der Waals surface area contributed by atoms with E-state index in [2.05, 4.69) is 29.6 Å². The lowest BCUT2D eigenvalue weighted by Crippen LogP contribution is -2.33. The van der Waals surface area contributed by atoms with E-state index in [4.69, 9.17) is 5.73 Å². The van der Waals surface area contributed by atoms with Gasteiger partial charge in [0.15, 0.2) is 0 Å². The molecule has 3 heteroatoms. The van der Waals surface area contributed by atoms with E-state index in [-0.39, 0.29) is 0 Å². The number of hydrogen-bond donors (Lipinski definition) is 1. The molecule has 2 atom stereocenters. The molecule has 0 spiro atoms. The van der Waals surface area contributed by atoms with Gasteiger partial charge in [-0.2, -0.15) is 0 Å². The number of aryl methyl sites for hydroxylation is 2. The van der Waals surface area contributed by atoms with Gasteiger partial charge >= 0.3 is 0 Å². The largest absolute Gasteiger partial charge is 0.334 e. The molecule has 14 heavy (non-hydrogen) atoms. The van der Waals surface area contributed by atoms with E-state index >= 15 is 0 Å². The van der Waals surface area contributed by atoms with Gasteiger partial charge in [0.05, 0.1) is 5.69 Å². The standard InChI is InChI=1S/C11H19N3/c1-3-10-7-14-6-9(8(2)12)4-5-11(14)13-10/h7-9H,3-6,12H2,1-2H3. The Morgan fingerprint density at radius 1 is 1.71 bits per heavy atom. The van der Waals surface area contributed by atoms with Crippen molar-refractivity contribution in [2.24, 2.45) is 11.7 Å². The van der Waals surface area contributed by atoms with Crippen LogP contribution < -0.4 is 5.73 Å². The van der Waals surface area contributed by atoms with Gasteiger partial charge in [0.25, 0.3) is 0 Å². The maximum Gasteiger partial charge on any atom is 0.108 e. The molecule has 2 rings (SSSR count). The van der Waals surface area contributed by atoms with Gasteiger partial charge in [-0.25, -0.2) is 4.98 Å². The second-order valence-electron chi connectivity index (χ2n) is 4.31. The molecule has 78 valence electrons. The highest BCUT2D eigenvalue weighted by atomic mass is 15.1. The molecule has 0 bridgehead atoms. The van der Waals surface area contributed by atoms with Crippen LogP contribution in [0.3, 0.4) is 0 Å². The smallest absolute Gasteiger partial charge is 0.108 e. The lowest BCUT2D eigenvalue weighted by molar-refractivity contribution is 0.321. The minimum absolute atomic E-state index is 0.302. The normalized spacial score (nSPS) is 23.2. The van der Waals surface area contributed by atoms with Gasteiger partial charge in [-0.3, -0.25) is 0 Å². The molecule has 3 nitrogen and oxygen atoms in total. The quantitative estimate of drug-likeness (QED) is 0.770. The van der Waals surface area contributed by atoms with Gasteiger partial charge in [-0.05, 0) is 25.7 Å². The summed E-state index contributed by atoms with van der Waals surface area (Å²) in [7, 11) is 0. The highest BCUT2D eigenvalue weighted by molar-refractivity contribution is 5.07. The van der Waals surface area contributed by atoms with Gasteiger partial charge in [0, 0.05) is 25.2 Å². The van der Waals surface area contributed by atoms with Crippen molar-refractivity contribution >= 4 is 0 Å². The average Bonchev–Trinajstić information content (AvgIpc) is 2.58. The zero-order valence-corrected chi connectivity index (χ0v) is 9.03. The fraction of sp³-hybridized carbons (Fsp3) is 0.727.